The lowest BCUT2D eigenvalue weighted by molar-refractivity contribution is -0.385. The number of benzene rings is 2. The number of fused-ring (bicyclic) bond motifs is 1. The molecule has 0 radical (unpaired) electrons. The maximum absolute atomic E-state index is 11.8. The Kier molecular flexibility index (Phi) is 6.18. The van der Waals surface area contributed by atoms with Crippen LogP contribution in [0.2, 0.25) is 0 Å². The smallest absolute Gasteiger partial charge is 0.315 e. The van der Waals surface area contributed by atoms with Gasteiger partial charge in [0.25, 0.3) is 0 Å². The van der Waals surface area contributed by atoms with Gasteiger partial charge in [-0.05, 0) is 25.5 Å². The van der Waals surface area contributed by atoms with Gasteiger partial charge < -0.3 is 9.47 Å². The molecule has 1 aliphatic heterocycles. The zero-order valence-corrected chi connectivity index (χ0v) is 17.8. The number of hydrogen-bond acceptors (Lipinski definition) is 6. The molecular formula is C23H26N4O4. The molecule has 1 aliphatic rings. The Hall–Kier alpha value is -3.39. The molecule has 0 fully saturated rings. The van der Waals surface area contributed by atoms with Crippen LogP contribution in [-0.2, 0) is 19.5 Å². The lowest BCUT2D eigenvalue weighted by Crippen LogP contribution is -2.29. The quantitative estimate of drug-likeness (QED) is 0.429. The van der Waals surface area contributed by atoms with E-state index < -0.39 is 4.92 Å². The summed E-state index contributed by atoms with van der Waals surface area (Å²) in [5.41, 5.74) is 4.66. The molecule has 0 saturated heterocycles. The minimum Gasteiger partial charge on any atom is -0.490 e. The Morgan fingerprint density at radius 3 is 2.65 bits per heavy atom. The van der Waals surface area contributed by atoms with Gasteiger partial charge in [-0.2, -0.15) is 5.10 Å². The van der Waals surface area contributed by atoms with Crippen molar-refractivity contribution < 1.29 is 14.4 Å². The van der Waals surface area contributed by atoms with E-state index in [-0.39, 0.29) is 11.4 Å². The normalized spacial score (nSPS) is 13.6. The number of nitro groups is 1. The fraction of sp³-hybridized carbons (Fsp3) is 0.348. The lowest BCUT2D eigenvalue weighted by Gasteiger charge is -2.27. The summed E-state index contributed by atoms with van der Waals surface area (Å²) >= 11 is 0. The minimum atomic E-state index is -0.433. The summed E-state index contributed by atoms with van der Waals surface area (Å²) in [6.07, 6.45) is 0.854. The van der Waals surface area contributed by atoms with Crippen LogP contribution < -0.4 is 9.47 Å². The molecule has 31 heavy (non-hydrogen) atoms. The molecule has 0 bridgehead atoms. The monoisotopic (exact) mass is 422 g/mol. The molecule has 0 unspecified atom stereocenters. The number of nitrogens with zero attached hydrogens (tertiary/aromatic N) is 3. The number of rotatable bonds is 8. The highest BCUT2D eigenvalue weighted by molar-refractivity contribution is 5.73. The van der Waals surface area contributed by atoms with Gasteiger partial charge in [0.1, 0.15) is 0 Å². The summed E-state index contributed by atoms with van der Waals surface area (Å²) < 4.78 is 11.2. The highest BCUT2D eigenvalue weighted by Gasteiger charge is 2.27. The van der Waals surface area contributed by atoms with Crippen molar-refractivity contribution in [3.63, 3.8) is 0 Å². The van der Waals surface area contributed by atoms with E-state index in [4.69, 9.17) is 9.47 Å². The SMILES string of the molecule is CCOc1cc(-c2n[nH]c3c2CN(Cc2ccccc2)CC3)cc([N+](=O)[O-])c1OCC. The lowest BCUT2D eigenvalue weighted by atomic mass is 9.99. The third kappa shape index (κ3) is 4.39. The number of hydrogen-bond donors (Lipinski definition) is 1. The molecular weight excluding hydrogens is 396 g/mol. The highest BCUT2D eigenvalue weighted by atomic mass is 16.6. The summed E-state index contributed by atoms with van der Waals surface area (Å²) in [6, 6.07) is 13.7. The Bertz CT molecular complexity index is 1060. The van der Waals surface area contributed by atoms with Crippen LogP contribution in [0.15, 0.2) is 42.5 Å². The van der Waals surface area contributed by atoms with E-state index in [2.05, 4.69) is 27.2 Å². The van der Waals surface area contributed by atoms with Crippen molar-refractivity contribution in [2.24, 2.45) is 0 Å². The van der Waals surface area contributed by atoms with E-state index in [1.807, 2.05) is 25.1 Å². The van der Waals surface area contributed by atoms with Crippen LogP contribution in [0.4, 0.5) is 5.69 Å². The van der Waals surface area contributed by atoms with E-state index in [0.29, 0.717) is 24.5 Å². The van der Waals surface area contributed by atoms with E-state index in [1.54, 1.807) is 13.0 Å². The van der Waals surface area contributed by atoms with E-state index in [1.165, 1.54) is 11.6 Å². The van der Waals surface area contributed by atoms with Gasteiger partial charge in [-0.3, -0.25) is 20.1 Å². The van der Waals surface area contributed by atoms with Gasteiger partial charge in [-0.1, -0.05) is 30.3 Å². The van der Waals surface area contributed by atoms with Crippen LogP contribution in [0.5, 0.6) is 11.5 Å². The number of nitrogens with one attached hydrogen (secondary N) is 1. The molecule has 0 spiro atoms. The summed E-state index contributed by atoms with van der Waals surface area (Å²) in [7, 11) is 0. The first-order valence-electron chi connectivity index (χ1n) is 10.5. The third-order valence-corrected chi connectivity index (χ3v) is 5.36. The topological polar surface area (TPSA) is 93.5 Å². The number of aromatic nitrogens is 2. The second-order valence-corrected chi connectivity index (χ2v) is 7.42. The van der Waals surface area contributed by atoms with Gasteiger partial charge in [0.2, 0.25) is 5.75 Å². The fourth-order valence-electron chi connectivity index (χ4n) is 3.98. The van der Waals surface area contributed by atoms with Crippen molar-refractivity contribution in [1.82, 2.24) is 15.1 Å². The fourth-order valence-corrected chi connectivity index (χ4v) is 3.98. The van der Waals surface area contributed by atoms with Gasteiger partial charge in [0.15, 0.2) is 5.75 Å². The van der Waals surface area contributed by atoms with Gasteiger partial charge in [-0.25, -0.2) is 0 Å². The van der Waals surface area contributed by atoms with Crippen molar-refractivity contribution in [3.8, 4) is 22.8 Å². The molecule has 2 aromatic carbocycles. The van der Waals surface area contributed by atoms with Crippen molar-refractivity contribution in [3.05, 3.63) is 69.4 Å². The van der Waals surface area contributed by atoms with Crippen LogP contribution in [0.3, 0.4) is 0 Å². The first-order chi connectivity index (χ1) is 15.1. The Morgan fingerprint density at radius 1 is 1.16 bits per heavy atom. The van der Waals surface area contributed by atoms with Crippen LogP contribution >= 0.6 is 0 Å². The number of ether oxygens (including phenoxy) is 2. The highest BCUT2D eigenvalue weighted by Crippen LogP contribution is 2.42. The third-order valence-electron chi connectivity index (χ3n) is 5.36. The maximum atomic E-state index is 11.8. The molecule has 0 atom stereocenters. The predicted octanol–water partition coefficient (Wildman–Crippen LogP) is 4.34. The average Bonchev–Trinajstić information content (AvgIpc) is 3.19. The Morgan fingerprint density at radius 2 is 1.94 bits per heavy atom. The van der Waals surface area contributed by atoms with Crippen molar-refractivity contribution >= 4 is 5.69 Å². The molecule has 8 nitrogen and oxygen atoms in total. The second-order valence-electron chi connectivity index (χ2n) is 7.42. The molecule has 3 aromatic rings. The summed E-state index contributed by atoms with van der Waals surface area (Å²) in [5, 5.41) is 19.4. The zero-order valence-electron chi connectivity index (χ0n) is 17.8. The zero-order chi connectivity index (χ0) is 21.8. The van der Waals surface area contributed by atoms with Gasteiger partial charge >= 0.3 is 5.69 Å². The van der Waals surface area contributed by atoms with Gasteiger partial charge in [0.05, 0.1) is 23.8 Å². The number of nitro benzene ring substituents is 1. The summed E-state index contributed by atoms with van der Waals surface area (Å²) in [4.78, 5) is 13.7. The van der Waals surface area contributed by atoms with Gasteiger partial charge in [-0.15, -0.1) is 0 Å². The molecule has 1 N–H and O–H groups in total. The first kappa shape index (κ1) is 20.9. The van der Waals surface area contributed by atoms with E-state index >= 15 is 0 Å². The van der Waals surface area contributed by atoms with Crippen LogP contribution in [0, 0.1) is 10.1 Å². The molecule has 0 saturated carbocycles. The van der Waals surface area contributed by atoms with Gasteiger partial charge in [0, 0.05) is 48.9 Å². The van der Waals surface area contributed by atoms with Crippen molar-refractivity contribution in [2.45, 2.75) is 33.4 Å². The van der Waals surface area contributed by atoms with Crippen LogP contribution in [0.1, 0.15) is 30.7 Å². The average molecular weight is 422 g/mol. The number of H-pyrrole nitrogens is 1. The first-order valence-corrected chi connectivity index (χ1v) is 10.5. The number of aromatic amines is 1. The Balaban J connectivity index is 1.70. The Labute approximate surface area is 180 Å². The molecule has 1 aromatic heterocycles. The molecule has 8 heteroatoms. The van der Waals surface area contributed by atoms with E-state index in [9.17, 15) is 10.1 Å². The largest absolute Gasteiger partial charge is 0.490 e. The van der Waals surface area contributed by atoms with Crippen molar-refractivity contribution in [1.29, 1.82) is 0 Å². The molecule has 162 valence electrons. The summed E-state index contributed by atoms with van der Waals surface area (Å²) in [6.45, 7) is 6.82. The molecule has 2 heterocycles. The maximum Gasteiger partial charge on any atom is 0.315 e. The molecule has 0 amide bonds. The van der Waals surface area contributed by atoms with Crippen LogP contribution in [0.25, 0.3) is 11.3 Å². The predicted molar refractivity (Wildman–Crippen MR) is 117 cm³/mol. The second kappa shape index (κ2) is 9.18. The summed E-state index contributed by atoms with van der Waals surface area (Å²) in [5.74, 6) is 0.524. The minimum absolute atomic E-state index is 0.114. The standard InChI is InChI=1S/C23H26N4O4/c1-3-30-21-13-17(12-20(27(28)29)23(21)31-4-2)22-18-15-26(11-10-19(18)24-25-22)14-16-8-6-5-7-9-16/h5-9,12-13H,3-4,10-11,14-15H2,1-2H3,(H,24,25). The van der Waals surface area contributed by atoms with Crippen LogP contribution in [-0.4, -0.2) is 39.8 Å². The molecule has 0 aliphatic carbocycles. The molecule has 4 rings (SSSR count). The van der Waals surface area contributed by atoms with Crippen molar-refractivity contribution in [2.75, 3.05) is 19.8 Å². The van der Waals surface area contributed by atoms with E-state index in [0.717, 1.165) is 43.0 Å².